The molecule has 1 rings (SSSR count). The molecule has 0 amide bonds. The summed E-state index contributed by atoms with van der Waals surface area (Å²) in [5.74, 6) is -2.83. The average molecular weight is 288 g/mol. The average Bonchev–Trinajstić information content (AvgIpc) is 2.70. The van der Waals surface area contributed by atoms with Gasteiger partial charge < -0.3 is 19.7 Å². The van der Waals surface area contributed by atoms with Gasteiger partial charge in [0, 0.05) is 0 Å². The van der Waals surface area contributed by atoms with E-state index in [9.17, 15) is 19.8 Å². The Morgan fingerprint density at radius 3 is 1.63 bits per heavy atom. The summed E-state index contributed by atoms with van der Waals surface area (Å²) in [5, 5.41) is 19.2. The Balaban J connectivity index is 2.92. The van der Waals surface area contributed by atoms with E-state index >= 15 is 0 Å². The lowest BCUT2D eigenvalue weighted by atomic mass is 10.3. The van der Waals surface area contributed by atoms with Gasteiger partial charge in [0.25, 0.3) is 0 Å². The summed E-state index contributed by atoms with van der Waals surface area (Å²) in [7, 11) is 0. The van der Waals surface area contributed by atoms with E-state index in [1.165, 1.54) is 0 Å². The summed E-state index contributed by atoms with van der Waals surface area (Å²) in [5.41, 5.74) is 0. The van der Waals surface area contributed by atoms with Crippen LogP contribution in [-0.4, -0.2) is 35.4 Å². The van der Waals surface area contributed by atoms with Crippen molar-refractivity contribution in [2.75, 3.05) is 13.2 Å². The molecule has 6 nitrogen and oxygen atoms in total. The van der Waals surface area contributed by atoms with Crippen LogP contribution in [0.3, 0.4) is 0 Å². The topological polar surface area (TPSA) is 93.1 Å². The summed E-state index contributed by atoms with van der Waals surface area (Å²) in [4.78, 5) is 22.8. The fraction of sp³-hybridized carbons (Fsp3) is 0.500. The summed E-state index contributed by atoms with van der Waals surface area (Å²) in [6.07, 6.45) is 1.27. The maximum absolute atomic E-state index is 11.6. The molecular weight excluding hydrogens is 272 g/mol. The van der Waals surface area contributed by atoms with Crippen LogP contribution in [0.4, 0.5) is 0 Å². The fourth-order valence-electron chi connectivity index (χ4n) is 1.21. The van der Waals surface area contributed by atoms with Gasteiger partial charge in [-0.1, -0.05) is 13.8 Å². The Morgan fingerprint density at radius 1 is 0.947 bits per heavy atom. The van der Waals surface area contributed by atoms with Gasteiger partial charge in [0.05, 0.1) is 13.2 Å². The highest BCUT2D eigenvalue weighted by Gasteiger charge is 2.27. The van der Waals surface area contributed by atoms with Crippen molar-refractivity contribution in [3.63, 3.8) is 0 Å². The molecule has 0 fully saturated rings. The molecule has 106 valence electrons. The molecule has 0 unspecified atom stereocenters. The van der Waals surface area contributed by atoms with Gasteiger partial charge in [0.2, 0.25) is 0 Å². The number of carbonyl (C=O) groups is 2. The van der Waals surface area contributed by atoms with E-state index in [0.717, 1.165) is 0 Å². The van der Waals surface area contributed by atoms with Crippen molar-refractivity contribution in [3.05, 3.63) is 9.75 Å². The highest BCUT2D eigenvalue weighted by molar-refractivity contribution is 7.16. The van der Waals surface area contributed by atoms with Crippen molar-refractivity contribution in [2.45, 2.75) is 26.7 Å². The molecule has 0 aromatic carbocycles. The molecule has 0 aliphatic heterocycles. The van der Waals surface area contributed by atoms with Crippen molar-refractivity contribution in [3.8, 4) is 11.5 Å². The van der Waals surface area contributed by atoms with E-state index in [4.69, 9.17) is 9.47 Å². The second-order valence-electron chi connectivity index (χ2n) is 3.73. The summed E-state index contributed by atoms with van der Waals surface area (Å²) < 4.78 is 9.67. The lowest BCUT2D eigenvalue weighted by Crippen LogP contribution is -2.04. The molecule has 0 saturated heterocycles. The molecule has 0 radical (unpaired) electrons. The van der Waals surface area contributed by atoms with Crippen molar-refractivity contribution in [1.29, 1.82) is 0 Å². The predicted octanol–water partition coefficient (Wildman–Crippen LogP) is 2.29. The molecule has 19 heavy (non-hydrogen) atoms. The van der Waals surface area contributed by atoms with Crippen LogP contribution in [0.15, 0.2) is 0 Å². The van der Waals surface area contributed by atoms with Crippen LogP contribution >= 0.6 is 11.3 Å². The molecule has 1 heterocycles. The maximum Gasteiger partial charge on any atom is 0.352 e. The van der Waals surface area contributed by atoms with Crippen LogP contribution in [0, 0.1) is 0 Å². The van der Waals surface area contributed by atoms with Crippen molar-refractivity contribution in [2.24, 2.45) is 0 Å². The van der Waals surface area contributed by atoms with Gasteiger partial charge in [-0.3, -0.25) is 0 Å². The van der Waals surface area contributed by atoms with Gasteiger partial charge in [-0.15, -0.1) is 11.3 Å². The first kappa shape index (κ1) is 15.3. The zero-order valence-electron chi connectivity index (χ0n) is 10.8. The zero-order valence-corrected chi connectivity index (χ0v) is 11.6. The highest BCUT2D eigenvalue weighted by Crippen LogP contribution is 2.41. The fourth-order valence-corrected chi connectivity index (χ4v) is 2.09. The molecule has 0 saturated carbocycles. The first-order chi connectivity index (χ1) is 9.02. The van der Waals surface area contributed by atoms with E-state index in [1.54, 1.807) is 0 Å². The SMILES string of the molecule is CCCOC(=O)c1sc(C(=O)OCCC)c(O)c1O. The first-order valence-corrected chi connectivity index (χ1v) is 6.73. The Hall–Kier alpha value is -1.76. The summed E-state index contributed by atoms with van der Waals surface area (Å²) in [6, 6.07) is 0. The number of thiophene rings is 1. The molecular formula is C12H16O6S. The van der Waals surface area contributed by atoms with E-state index in [2.05, 4.69) is 0 Å². The van der Waals surface area contributed by atoms with Crippen LogP contribution in [0.25, 0.3) is 0 Å². The minimum atomic E-state index is -0.769. The second kappa shape index (κ2) is 6.98. The third kappa shape index (κ3) is 3.60. The number of ether oxygens (including phenoxy) is 2. The molecule has 1 aromatic rings. The lowest BCUT2D eigenvalue weighted by molar-refractivity contribution is 0.0498. The molecule has 0 aliphatic rings. The molecule has 0 spiro atoms. The second-order valence-corrected chi connectivity index (χ2v) is 4.75. The molecule has 0 aliphatic carbocycles. The van der Waals surface area contributed by atoms with Crippen molar-refractivity contribution < 1.29 is 29.3 Å². The van der Waals surface area contributed by atoms with E-state index in [1.807, 2.05) is 13.8 Å². The number of hydrogen-bond donors (Lipinski definition) is 2. The van der Waals surface area contributed by atoms with E-state index < -0.39 is 23.4 Å². The van der Waals surface area contributed by atoms with Gasteiger partial charge in [0.15, 0.2) is 21.3 Å². The van der Waals surface area contributed by atoms with Gasteiger partial charge in [-0.2, -0.15) is 0 Å². The summed E-state index contributed by atoms with van der Waals surface area (Å²) in [6.45, 7) is 4.05. The van der Waals surface area contributed by atoms with Crippen LogP contribution in [0.2, 0.25) is 0 Å². The number of esters is 2. The number of rotatable bonds is 6. The van der Waals surface area contributed by atoms with Crippen LogP contribution in [0.1, 0.15) is 46.0 Å². The molecule has 2 N–H and O–H groups in total. The minimum absolute atomic E-state index is 0.200. The Labute approximate surface area is 114 Å². The standard InChI is InChI=1S/C12H16O6S/c1-3-5-17-11(15)9-7(13)8(14)10(19-9)12(16)18-6-4-2/h13-14H,3-6H2,1-2H3. The van der Waals surface area contributed by atoms with Gasteiger partial charge in [-0.05, 0) is 12.8 Å². The third-order valence-electron chi connectivity index (χ3n) is 2.10. The van der Waals surface area contributed by atoms with E-state index in [0.29, 0.717) is 24.2 Å². The molecule has 0 bridgehead atoms. The predicted molar refractivity (Wildman–Crippen MR) is 68.8 cm³/mol. The largest absolute Gasteiger partial charge is 0.503 e. The zero-order chi connectivity index (χ0) is 14.4. The number of hydrogen-bond acceptors (Lipinski definition) is 7. The lowest BCUT2D eigenvalue weighted by Gasteiger charge is -2.00. The van der Waals surface area contributed by atoms with Crippen LogP contribution in [0.5, 0.6) is 11.5 Å². The Morgan fingerprint density at radius 2 is 1.32 bits per heavy atom. The summed E-state index contributed by atoms with van der Waals surface area (Å²) >= 11 is 0.654. The molecule has 7 heteroatoms. The van der Waals surface area contributed by atoms with Gasteiger partial charge in [0.1, 0.15) is 0 Å². The monoisotopic (exact) mass is 288 g/mol. The maximum atomic E-state index is 11.6. The minimum Gasteiger partial charge on any atom is -0.503 e. The van der Waals surface area contributed by atoms with Crippen LogP contribution in [-0.2, 0) is 9.47 Å². The smallest absolute Gasteiger partial charge is 0.352 e. The van der Waals surface area contributed by atoms with Crippen molar-refractivity contribution >= 4 is 23.3 Å². The van der Waals surface area contributed by atoms with Gasteiger partial charge >= 0.3 is 11.9 Å². The Bertz CT molecular complexity index is 425. The quantitative estimate of drug-likeness (QED) is 0.780. The van der Waals surface area contributed by atoms with Crippen molar-refractivity contribution in [1.82, 2.24) is 0 Å². The first-order valence-electron chi connectivity index (χ1n) is 5.91. The third-order valence-corrected chi connectivity index (χ3v) is 3.23. The van der Waals surface area contributed by atoms with Gasteiger partial charge in [-0.25, -0.2) is 9.59 Å². The highest BCUT2D eigenvalue weighted by atomic mass is 32.1. The van der Waals surface area contributed by atoms with E-state index in [-0.39, 0.29) is 23.0 Å². The van der Waals surface area contributed by atoms with Crippen LogP contribution < -0.4 is 0 Å². The molecule has 0 atom stereocenters. The Kier molecular flexibility index (Phi) is 5.62. The molecule has 1 aromatic heterocycles. The number of carbonyl (C=O) groups excluding carboxylic acids is 2. The number of aromatic hydroxyl groups is 2. The normalized spacial score (nSPS) is 10.2.